The Morgan fingerprint density at radius 1 is 1.19 bits per heavy atom. The van der Waals surface area contributed by atoms with Crippen LogP contribution in [0.5, 0.6) is 0 Å². The standard InChI is InChI=1S/C13H28N2O/c1-9(2)11(10(3)4)8-15-12(16)7-13(5,6)14/h9-11H,7-8,14H2,1-6H3,(H,15,16). The highest BCUT2D eigenvalue weighted by molar-refractivity contribution is 5.77. The first-order valence-electron chi connectivity index (χ1n) is 6.19. The molecule has 96 valence electrons. The van der Waals surface area contributed by atoms with Crippen molar-refractivity contribution >= 4 is 5.91 Å². The molecule has 0 heterocycles. The van der Waals surface area contributed by atoms with Crippen molar-refractivity contribution in [2.75, 3.05) is 6.54 Å². The normalized spacial score (nSPS) is 12.6. The molecule has 0 aliphatic heterocycles. The lowest BCUT2D eigenvalue weighted by Gasteiger charge is -2.26. The van der Waals surface area contributed by atoms with Gasteiger partial charge in [-0.1, -0.05) is 27.7 Å². The van der Waals surface area contributed by atoms with Gasteiger partial charge in [0.1, 0.15) is 0 Å². The van der Waals surface area contributed by atoms with E-state index in [-0.39, 0.29) is 5.91 Å². The molecule has 0 spiro atoms. The Labute approximate surface area is 100 Å². The summed E-state index contributed by atoms with van der Waals surface area (Å²) < 4.78 is 0. The molecule has 0 rings (SSSR count). The maximum absolute atomic E-state index is 11.6. The molecule has 0 aromatic rings. The van der Waals surface area contributed by atoms with Gasteiger partial charge in [0, 0.05) is 18.5 Å². The van der Waals surface area contributed by atoms with Crippen LogP contribution >= 0.6 is 0 Å². The largest absolute Gasteiger partial charge is 0.356 e. The summed E-state index contributed by atoms with van der Waals surface area (Å²) in [4.78, 5) is 11.6. The topological polar surface area (TPSA) is 55.1 Å². The van der Waals surface area contributed by atoms with E-state index >= 15 is 0 Å². The fraction of sp³-hybridized carbons (Fsp3) is 0.923. The molecule has 3 N–H and O–H groups in total. The Morgan fingerprint density at radius 3 is 1.94 bits per heavy atom. The van der Waals surface area contributed by atoms with Crippen molar-refractivity contribution in [1.82, 2.24) is 5.32 Å². The van der Waals surface area contributed by atoms with E-state index in [2.05, 4.69) is 33.0 Å². The highest BCUT2D eigenvalue weighted by atomic mass is 16.1. The third-order valence-electron chi connectivity index (χ3n) is 2.86. The van der Waals surface area contributed by atoms with Crippen molar-refractivity contribution in [3.63, 3.8) is 0 Å². The van der Waals surface area contributed by atoms with E-state index in [1.165, 1.54) is 0 Å². The second kappa shape index (κ2) is 6.24. The van der Waals surface area contributed by atoms with Gasteiger partial charge in [-0.05, 0) is 31.6 Å². The number of carbonyl (C=O) groups is 1. The SMILES string of the molecule is CC(C)C(CNC(=O)CC(C)(C)N)C(C)C. The number of nitrogens with two attached hydrogens (primary N) is 1. The number of carbonyl (C=O) groups excluding carboxylic acids is 1. The van der Waals surface area contributed by atoms with E-state index in [1.54, 1.807) is 0 Å². The first kappa shape index (κ1) is 15.4. The molecule has 1 amide bonds. The zero-order chi connectivity index (χ0) is 12.9. The summed E-state index contributed by atoms with van der Waals surface area (Å²) in [5, 5.41) is 2.98. The Morgan fingerprint density at radius 2 is 1.62 bits per heavy atom. The molecule has 0 fully saturated rings. The van der Waals surface area contributed by atoms with E-state index in [4.69, 9.17) is 5.73 Å². The number of hydrogen-bond donors (Lipinski definition) is 2. The van der Waals surface area contributed by atoms with Gasteiger partial charge in [0.05, 0.1) is 0 Å². The van der Waals surface area contributed by atoms with Crippen LogP contribution in [0.2, 0.25) is 0 Å². The number of hydrogen-bond acceptors (Lipinski definition) is 2. The molecule has 0 aromatic carbocycles. The van der Waals surface area contributed by atoms with Crippen LogP contribution < -0.4 is 11.1 Å². The molecule has 0 aliphatic carbocycles. The van der Waals surface area contributed by atoms with Gasteiger partial charge in [-0.3, -0.25) is 4.79 Å². The van der Waals surface area contributed by atoms with Crippen LogP contribution in [0.4, 0.5) is 0 Å². The van der Waals surface area contributed by atoms with E-state index in [9.17, 15) is 4.79 Å². The monoisotopic (exact) mass is 228 g/mol. The Balaban J connectivity index is 4.07. The predicted molar refractivity (Wildman–Crippen MR) is 69.1 cm³/mol. The quantitative estimate of drug-likeness (QED) is 0.732. The van der Waals surface area contributed by atoms with Crippen molar-refractivity contribution in [2.45, 2.75) is 53.5 Å². The molecule has 0 radical (unpaired) electrons. The second-order valence-electron chi connectivity index (χ2n) is 6.12. The molecule has 0 aliphatic rings. The number of nitrogens with one attached hydrogen (secondary N) is 1. The maximum atomic E-state index is 11.6. The minimum atomic E-state index is -0.421. The minimum absolute atomic E-state index is 0.0544. The molecule has 0 atom stereocenters. The van der Waals surface area contributed by atoms with Crippen LogP contribution in [-0.2, 0) is 4.79 Å². The lowest BCUT2D eigenvalue weighted by molar-refractivity contribution is -0.122. The lowest BCUT2D eigenvalue weighted by atomic mass is 9.85. The van der Waals surface area contributed by atoms with Crippen molar-refractivity contribution in [3.05, 3.63) is 0 Å². The van der Waals surface area contributed by atoms with Crippen LogP contribution in [0.1, 0.15) is 48.0 Å². The molecule has 0 saturated heterocycles. The molecular formula is C13H28N2O. The third kappa shape index (κ3) is 6.83. The van der Waals surface area contributed by atoms with Gasteiger partial charge in [0.15, 0.2) is 0 Å². The number of amides is 1. The van der Waals surface area contributed by atoms with E-state index in [0.29, 0.717) is 24.2 Å². The van der Waals surface area contributed by atoms with Crippen molar-refractivity contribution in [1.29, 1.82) is 0 Å². The van der Waals surface area contributed by atoms with Gasteiger partial charge in [-0.2, -0.15) is 0 Å². The predicted octanol–water partition coefficient (Wildman–Crippen LogP) is 2.16. The summed E-state index contributed by atoms with van der Waals surface area (Å²) in [7, 11) is 0. The summed E-state index contributed by atoms with van der Waals surface area (Å²) in [6.07, 6.45) is 0.385. The Hall–Kier alpha value is -0.570. The average molecular weight is 228 g/mol. The van der Waals surface area contributed by atoms with E-state index in [1.807, 2.05) is 13.8 Å². The summed E-state index contributed by atoms with van der Waals surface area (Å²) in [6.45, 7) is 13.3. The Bertz CT molecular complexity index is 208. The number of rotatable bonds is 6. The summed E-state index contributed by atoms with van der Waals surface area (Å²) >= 11 is 0. The van der Waals surface area contributed by atoms with Crippen molar-refractivity contribution < 1.29 is 4.79 Å². The first-order valence-corrected chi connectivity index (χ1v) is 6.19. The highest BCUT2D eigenvalue weighted by Gasteiger charge is 2.20. The lowest BCUT2D eigenvalue weighted by Crippen LogP contribution is -2.41. The van der Waals surface area contributed by atoms with Crippen LogP contribution in [0.15, 0.2) is 0 Å². The molecule has 0 saturated carbocycles. The third-order valence-corrected chi connectivity index (χ3v) is 2.86. The molecule has 3 heteroatoms. The molecule has 0 aromatic heterocycles. The van der Waals surface area contributed by atoms with E-state index in [0.717, 1.165) is 6.54 Å². The molecule has 16 heavy (non-hydrogen) atoms. The zero-order valence-corrected chi connectivity index (χ0v) is 11.6. The van der Waals surface area contributed by atoms with Gasteiger partial charge in [0.2, 0.25) is 5.91 Å². The molecule has 0 unspecified atom stereocenters. The van der Waals surface area contributed by atoms with Gasteiger partial charge >= 0.3 is 0 Å². The zero-order valence-electron chi connectivity index (χ0n) is 11.6. The van der Waals surface area contributed by atoms with Crippen molar-refractivity contribution in [2.24, 2.45) is 23.5 Å². The fourth-order valence-electron chi connectivity index (χ4n) is 1.95. The van der Waals surface area contributed by atoms with Gasteiger partial charge in [-0.15, -0.1) is 0 Å². The molecular weight excluding hydrogens is 200 g/mol. The minimum Gasteiger partial charge on any atom is -0.356 e. The second-order valence-corrected chi connectivity index (χ2v) is 6.12. The van der Waals surface area contributed by atoms with Crippen LogP contribution in [0, 0.1) is 17.8 Å². The Kier molecular flexibility index (Phi) is 6.01. The molecule has 3 nitrogen and oxygen atoms in total. The van der Waals surface area contributed by atoms with Crippen LogP contribution in [-0.4, -0.2) is 18.0 Å². The van der Waals surface area contributed by atoms with E-state index < -0.39 is 5.54 Å². The summed E-state index contributed by atoms with van der Waals surface area (Å²) in [5.41, 5.74) is 5.38. The summed E-state index contributed by atoms with van der Waals surface area (Å²) in [5.74, 6) is 1.76. The van der Waals surface area contributed by atoms with Gasteiger partial charge in [0.25, 0.3) is 0 Å². The van der Waals surface area contributed by atoms with Gasteiger partial charge in [-0.25, -0.2) is 0 Å². The van der Waals surface area contributed by atoms with Crippen LogP contribution in [0.3, 0.4) is 0 Å². The highest BCUT2D eigenvalue weighted by Crippen LogP contribution is 2.19. The summed E-state index contributed by atoms with van der Waals surface area (Å²) in [6, 6.07) is 0. The maximum Gasteiger partial charge on any atom is 0.221 e. The first-order chi connectivity index (χ1) is 7.13. The van der Waals surface area contributed by atoms with Crippen LogP contribution in [0.25, 0.3) is 0 Å². The average Bonchev–Trinajstić information content (AvgIpc) is 1.98. The molecule has 0 bridgehead atoms. The smallest absolute Gasteiger partial charge is 0.221 e. The van der Waals surface area contributed by atoms with Gasteiger partial charge < -0.3 is 11.1 Å². The fourth-order valence-corrected chi connectivity index (χ4v) is 1.95. The van der Waals surface area contributed by atoms with Crippen molar-refractivity contribution in [3.8, 4) is 0 Å².